The first-order valence-corrected chi connectivity index (χ1v) is 7.74. The molecule has 2 rings (SSSR count). The van der Waals surface area contributed by atoms with E-state index in [0.717, 1.165) is 55.9 Å². The zero-order valence-electron chi connectivity index (χ0n) is 12.7. The van der Waals surface area contributed by atoms with E-state index in [1.807, 2.05) is 30.1 Å². The summed E-state index contributed by atoms with van der Waals surface area (Å²) in [6.07, 6.45) is 4.41. The first-order valence-electron chi connectivity index (χ1n) is 7.74. The Balaban J connectivity index is 2.11. The second-order valence-electron chi connectivity index (χ2n) is 5.84. The highest BCUT2D eigenvalue weighted by atomic mass is 16.2. The van der Waals surface area contributed by atoms with E-state index >= 15 is 0 Å². The molecule has 0 radical (unpaired) electrons. The van der Waals surface area contributed by atoms with Crippen molar-refractivity contribution in [3.8, 4) is 0 Å². The molecule has 0 aromatic heterocycles. The van der Waals surface area contributed by atoms with Gasteiger partial charge in [0, 0.05) is 18.7 Å². The normalized spacial score (nSPS) is 19.7. The van der Waals surface area contributed by atoms with Crippen molar-refractivity contribution in [1.29, 1.82) is 0 Å². The largest absolute Gasteiger partial charge is 0.339 e. The van der Waals surface area contributed by atoms with Crippen molar-refractivity contribution in [2.45, 2.75) is 32.6 Å². The summed E-state index contributed by atoms with van der Waals surface area (Å²) in [4.78, 5) is 14.8. The van der Waals surface area contributed by atoms with Crippen molar-refractivity contribution in [2.24, 2.45) is 5.92 Å². The van der Waals surface area contributed by atoms with Gasteiger partial charge in [-0.1, -0.05) is 25.1 Å². The SMILES string of the molecule is CNCCc1ccccc1C(=O)N1CCCC(C)CC1. The fourth-order valence-corrected chi connectivity index (χ4v) is 2.84. The van der Waals surface area contributed by atoms with Crippen LogP contribution in [0.15, 0.2) is 24.3 Å². The maximum Gasteiger partial charge on any atom is 0.254 e. The lowest BCUT2D eigenvalue weighted by Gasteiger charge is -2.22. The summed E-state index contributed by atoms with van der Waals surface area (Å²) >= 11 is 0. The molecule has 0 saturated carbocycles. The summed E-state index contributed by atoms with van der Waals surface area (Å²) in [7, 11) is 1.95. The molecule has 3 nitrogen and oxygen atoms in total. The van der Waals surface area contributed by atoms with E-state index in [-0.39, 0.29) is 5.91 Å². The summed E-state index contributed by atoms with van der Waals surface area (Å²) in [5, 5.41) is 3.15. The Morgan fingerprint density at radius 1 is 1.30 bits per heavy atom. The predicted octanol–water partition coefficient (Wildman–Crippen LogP) is 2.71. The smallest absolute Gasteiger partial charge is 0.254 e. The second kappa shape index (κ2) is 7.44. The first kappa shape index (κ1) is 15.0. The standard InChI is InChI=1S/C17H26N2O/c1-14-6-5-12-19(13-10-14)17(20)16-8-4-3-7-15(16)9-11-18-2/h3-4,7-8,14,18H,5-6,9-13H2,1-2H3. The minimum Gasteiger partial charge on any atom is -0.339 e. The zero-order chi connectivity index (χ0) is 14.4. The van der Waals surface area contributed by atoms with Crippen LogP contribution in [-0.4, -0.2) is 37.5 Å². The molecule has 1 aliphatic rings. The molecule has 1 aliphatic heterocycles. The minimum absolute atomic E-state index is 0.214. The van der Waals surface area contributed by atoms with Gasteiger partial charge in [0.2, 0.25) is 0 Å². The molecule has 1 N–H and O–H groups in total. The van der Waals surface area contributed by atoms with E-state index in [2.05, 4.69) is 18.3 Å². The lowest BCUT2D eigenvalue weighted by molar-refractivity contribution is 0.0759. The van der Waals surface area contributed by atoms with Gasteiger partial charge >= 0.3 is 0 Å². The van der Waals surface area contributed by atoms with Gasteiger partial charge in [0.25, 0.3) is 5.91 Å². The van der Waals surface area contributed by atoms with Crippen molar-refractivity contribution < 1.29 is 4.79 Å². The maximum absolute atomic E-state index is 12.7. The number of hydrogen-bond acceptors (Lipinski definition) is 2. The molecule has 1 amide bonds. The van der Waals surface area contributed by atoms with Gasteiger partial charge in [0.1, 0.15) is 0 Å². The molecule has 110 valence electrons. The Kier molecular flexibility index (Phi) is 5.60. The van der Waals surface area contributed by atoms with Crippen LogP contribution in [0.4, 0.5) is 0 Å². The number of hydrogen-bond donors (Lipinski definition) is 1. The van der Waals surface area contributed by atoms with E-state index < -0.39 is 0 Å². The number of nitrogens with zero attached hydrogens (tertiary/aromatic N) is 1. The van der Waals surface area contributed by atoms with E-state index in [9.17, 15) is 4.79 Å². The fraction of sp³-hybridized carbons (Fsp3) is 0.588. The number of amides is 1. The van der Waals surface area contributed by atoms with Gasteiger partial charge in [-0.25, -0.2) is 0 Å². The van der Waals surface area contributed by atoms with Crippen LogP contribution >= 0.6 is 0 Å². The molecule has 1 heterocycles. The third-order valence-electron chi connectivity index (χ3n) is 4.20. The zero-order valence-corrected chi connectivity index (χ0v) is 12.7. The van der Waals surface area contributed by atoms with Gasteiger partial charge in [0.15, 0.2) is 0 Å². The maximum atomic E-state index is 12.7. The Hall–Kier alpha value is -1.35. The van der Waals surface area contributed by atoms with E-state index in [4.69, 9.17) is 0 Å². The number of nitrogens with one attached hydrogen (secondary N) is 1. The first-order chi connectivity index (χ1) is 9.72. The van der Waals surface area contributed by atoms with Gasteiger partial charge in [-0.15, -0.1) is 0 Å². The van der Waals surface area contributed by atoms with Crippen LogP contribution in [0.25, 0.3) is 0 Å². The molecule has 1 fully saturated rings. The van der Waals surface area contributed by atoms with Gasteiger partial charge in [0.05, 0.1) is 0 Å². The summed E-state index contributed by atoms with van der Waals surface area (Å²) < 4.78 is 0. The number of benzene rings is 1. The number of rotatable bonds is 4. The van der Waals surface area contributed by atoms with Crippen LogP contribution in [0.3, 0.4) is 0 Å². The molecule has 3 heteroatoms. The van der Waals surface area contributed by atoms with Crippen molar-refractivity contribution in [3.05, 3.63) is 35.4 Å². The second-order valence-corrected chi connectivity index (χ2v) is 5.84. The molecule has 1 aromatic carbocycles. The third kappa shape index (κ3) is 3.83. The lowest BCUT2D eigenvalue weighted by atomic mass is 10.0. The van der Waals surface area contributed by atoms with Gasteiger partial charge in [-0.2, -0.15) is 0 Å². The van der Waals surface area contributed by atoms with Gasteiger partial charge in [-0.05, 0) is 56.8 Å². The molecule has 1 saturated heterocycles. The summed E-state index contributed by atoms with van der Waals surface area (Å²) in [5.41, 5.74) is 2.04. The molecule has 20 heavy (non-hydrogen) atoms. The van der Waals surface area contributed by atoms with E-state index in [0.29, 0.717) is 0 Å². The van der Waals surface area contributed by atoms with Crippen molar-refractivity contribution in [1.82, 2.24) is 10.2 Å². The molecule has 1 atom stereocenters. The predicted molar refractivity (Wildman–Crippen MR) is 83.0 cm³/mol. The fourth-order valence-electron chi connectivity index (χ4n) is 2.84. The monoisotopic (exact) mass is 274 g/mol. The highest BCUT2D eigenvalue weighted by Gasteiger charge is 2.21. The lowest BCUT2D eigenvalue weighted by Crippen LogP contribution is -2.32. The highest BCUT2D eigenvalue weighted by molar-refractivity contribution is 5.95. The third-order valence-corrected chi connectivity index (χ3v) is 4.20. The van der Waals surface area contributed by atoms with E-state index in [1.165, 1.54) is 6.42 Å². The van der Waals surface area contributed by atoms with Crippen molar-refractivity contribution in [2.75, 3.05) is 26.7 Å². The van der Waals surface area contributed by atoms with Crippen molar-refractivity contribution >= 4 is 5.91 Å². The molecule has 0 spiro atoms. The quantitative estimate of drug-likeness (QED) is 0.915. The van der Waals surface area contributed by atoms with Crippen LogP contribution in [-0.2, 0) is 6.42 Å². The summed E-state index contributed by atoms with van der Waals surface area (Å²) in [6, 6.07) is 8.04. The van der Waals surface area contributed by atoms with Crippen LogP contribution in [0, 0.1) is 5.92 Å². The minimum atomic E-state index is 0.214. The number of likely N-dealkylation sites (tertiary alicyclic amines) is 1. The average molecular weight is 274 g/mol. The van der Waals surface area contributed by atoms with Crippen LogP contribution in [0.1, 0.15) is 42.1 Å². The van der Waals surface area contributed by atoms with Gasteiger partial charge < -0.3 is 10.2 Å². The number of carbonyl (C=O) groups excluding carboxylic acids is 1. The van der Waals surface area contributed by atoms with Crippen LogP contribution in [0.2, 0.25) is 0 Å². The van der Waals surface area contributed by atoms with Crippen LogP contribution in [0.5, 0.6) is 0 Å². The van der Waals surface area contributed by atoms with Gasteiger partial charge in [-0.3, -0.25) is 4.79 Å². The Morgan fingerprint density at radius 2 is 2.10 bits per heavy atom. The molecule has 0 bridgehead atoms. The molecule has 0 aliphatic carbocycles. The molecular weight excluding hydrogens is 248 g/mol. The Labute approximate surface area is 122 Å². The molecule has 1 aromatic rings. The number of likely N-dealkylation sites (N-methyl/N-ethyl adjacent to an activating group) is 1. The average Bonchev–Trinajstić information content (AvgIpc) is 2.69. The van der Waals surface area contributed by atoms with Crippen LogP contribution < -0.4 is 5.32 Å². The molecule has 1 unspecified atom stereocenters. The summed E-state index contributed by atoms with van der Waals surface area (Å²) in [5.74, 6) is 0.957. The Morgan fingerprint density at radius 3 is 2.90 bits per heavy atom. The summed E-state index contributed by atoms with van der Waals surface area (Å²) in [6.45, 7) is 5.00. The Bertz CT molecular complexity index is 444. The van der Waals surface area contributed by atoms with E-state index in [1.54, 1.807) is 0 Å². The molecular formula is C17H26N2O. The topological polar surface area (TPSA) is 32.3 Å². The number of carbonyl (C=O) groups is 1. The van der Waals surface area contributed by atoms with Crippen molar-refractivity contribution in [3.63, 3.8) is 0 Å². The highest BCUT2D eigenvalue weighted by Crippen LogP contribution is 2.19.